The predicted molar refractivity (Wildman–Crippen MR) is 76.8 cm³/mol. The summed E-state index contributed by atoms with van der Waals surface area (Å²) in [4.78, 5) is 23.2. The molecule has 0 aromatic heterocycles. The average Bonchev–Trinajstić information content (AvgIpc) is 2.51. The second kappa shape index (κ2) is 8.60. The smallest absolute Gasteiger partial charge is 0.332 e. The second-order valence-corrected chi connectivity index (χ2v) is 3.92. The van der Waals surface area contributed by atoms with Gasteiger partial charge < -0.3 is 25.2 Å². The van der Waals surface area contributed by atoms with Crippen LogP contribution < -0.4 is 15.4 Å². The molecule has 1 aromatic rings. The molecule has 0 spiro atoms. The third kappa shape index (κ3) is 5.53. The summed E-state index contributed by atoms with van der Waals surface area (Å²) in [6, 6.07) is 6.88. The van der Waals surface area contributed by atoms with Crippen molar-refractivity contribution in [3.05, 3.63) is 36.0 Å². The van der Waals surface area contributed by atoms with Crippen LogP contribution in [-0.4, -0.2) is 44.4 Å². The Morgan fingerprint density at radius 2 is 2.10 bits per heavy atom. The minimum atomic E-state index is -0.667. The second-order valence-electron chi connectivity index (χ2n) is 3.92. The largest absolute Gasteiger partial charge is 0.497 e. The van der Waals surface area contributed by atoms with Crippen molar-refractivity contribution in [2.75, 3.05) is 32.7 Å². The molecule has 7 nitrogen and oxygen atoms in total. The highest BCUT2D eigenvalue weighted by molar-refractivity contribution is 6.01. The Bertz CT molecular complexity index is 528. The third-order valence-corrected chi connectivity index (χ3v) is 2.45. The van der Waals surface area contributed by atoms with Crippen LogP contribution in [0.25, 0.3) is 0 Å². The molecule has 21 heavy (non-hydrogen) atoms. The Morgan fingerprint density at radius 1 is 1.33 bits per heavy atom. The lowest BCUT2D eigenvalue weighted by Gasteiger charge is -2.11. The van der Waals surface area contributed by atoms with Gasteiger partial charge in [0, 0.05) is 18.3 Å². The van der Waals surface area contributed by atoms with Crippen LogP contribution in [-0.2, 0) is 14.3 Å². The number of benzene rings is 1. The number of nitrogens with one attached hydrogen (secondary N) is 2. The number of aliphatic hydroxyl groups excluding tert-OH is 1. The van der Waals surface area contributed by atoms with Gasteiger partial charge in [-0.3, -0.25) is 4.79 Å². The van der Waals surface area contributed by atoms with Gasteiger partial charge in [0.2, 0.25) is 0 Å². The van der Waals surface area contributed by atoms with Crippen molar-refractivity contribution in [2.24, 2.45) is 0 Å². The summed E-state index contributed by atoms with van der Waals surface area (Å²) in [5, 5.41) is 14.0. The van der Waals surface area contributed by atoms with Crippen LogP contribution in [0.2, 0.25) is 0 Å². The Labute approximate surface area is 122 Å². The fraction of sp³-hybridized carbons (Fsp3) is 0.286. The van der Waals surface area contributed by atoms with E-state index in [0.29, 0.717) is 11.4 Å². The minimum Gasteiger partial charge on any atom is -0.497 e. The molecule has 0 fully saturated rings. The Morgan fingerprint density at radius 3 is 2.71 bits per heavy atom. The van der Waals surface area contributed by atoms with Gasteiger partial charge in [-0.25, -0.2) is 4.79 Å². The fourth-order valence-corrected chi connectivity index (χ4v) is 1.46. The van der Waals surface area contributed by atoms with E-state index in [1.54, 1.807) is 24.3 Å². The van der Waals surface area contributed by atoms with Crippen LogP contribution in [0.15, 0.2) is 36.0 Å². The number of carbonyl (C=O) groups is 2. The first kappa shape index (κ1) is 16.5. The van der Waals surface area contributed by atoms with Gasteiger partial charge in [0.15, 0.2) is 0 Å². The van der Waals surface area contributed by atoms with Crippen molar-refractivity contribution in [2.45, 2.75) is 0 Å². The quantitative estimate of drug-likeness (QED) is 0.493. The van der Waals surface area contributed by atoms with Crippen LogP contribution in [0.1, 0.15) is 0 Å². The van der Waals surface area contributed by atoms with Gasteiger partial charge in [-0.15, -0.1) is 0 Å². The van der Waals surface area contributed by atoms with Crippen LogP contribution in [0.5, 0.6) is 5.75 Å². The van der Waals surface area contributed by atoms with E-state index >= 15 is 0 Å². The Balaban J connectivity index is 2.93. The maximum atomic E-state index is 11.9. The van der Waals surface area contributed by atoms with Crippen LogP contribution in [0.3, 0.4) is 0 Å². The number of ether oxygens (including phenoxy) is 2. The highest BCUT2D eigenvalue weighted by Gasteiger charge is 2.12. The van der Waals surface area contributed by atoms with Crippen molar-refractivity contribution in [3.8, 4) is 5.75 Å². The third-order valence-electron chi connectivity index (χ3n) is 2.45. The predicted octanol–water partition coefficient (Wildman–Crippen LogP) is 0.272. The molecule has 0 saturated heterocycles. The average molecular weight is 294 g/mol. The summed E-state index contributed by atoms with van der Waals surface area (Å²) in [5.74, 6) is -0.593. The number of anilines is 1. The summed E-state index contributed by atoms with van der Waals surface area (Å²) in [5.41, 5.74) is 0.576. The summed E-state index contributed by atoms with van der Waals surface area (Å²) in [6.07, 6.45) is 1.03. The molecule has 1 rings (SSSR count). The first-order valence-corrected chi connectivity index (χ1v) is 6.20. The number of aliphatic hydroxyl groups is 1. The molecule has 0 heterocycles. The lowest BCUT2D eigenvalue weighted by molar-refractivity contribution is -0.135. The molecule has 0 unspecified atom stereocenters. The number of rotatable bonds is 7. The summed E-state index contributed by atoms with van der Waals surface area (Å²) >= 11 is 0. The first-order chi connectivity index (χ1) is 10.1. The van der Waals surface area contributed by atoms with Gasteiger partial charge in [-0.05, 0) is 12.1 Å². The molecule has 0 radical (unpaired) electrons. The molecule has 0 aliphatic heterocycles. The van der Waals surface area contributed by atoms with Gasteiger partial charge in [0.25, 0.3) is 5.91 Å². The summed E-state index contributed by atoms with van der Waals surface area (Å²) < 4.78 is 9.59. The number of amides is 1. The van der Waals surface area contributed by atoms with E-state index < -0.39 is 11.9 Å². The fourth-order valence-electron chi connectivity index (χ4n) is 1.46. The number of hydrogen-bond acceptors (Lipinski definition) is 6. The van der Waals surface area contributed by atoms with Gasteiger partial charge in [-0.2, -0.15) is 0 Å². The normalized spacial score (nSPS) is 10.7. The molecule has 7 heteroatoms. The minimum absolute atomic E-state index is 0.00329. The SMILES string of the molecule is COC(=O)/C=C(\Nc1cccc(OC)c1)C(=O)NCCO. The number of esters is 1. The maximum Gasteiger partial charge on any atom is 0.332 e. The molecule has 0 aliphatic rings. The molecule has 0 saturated carbocycles. The van der Waals surface area contributed by atoms with E-state index in [1.165, 1.54) is 14.2 Å². The molecule has 1 amide bonds. The van der Waals surface area contributed by atoms with E-state index in [1.807, 2.05) is 0 Å². The topological polar surface area (TPSA) is 96.9 Å². The van der Waals surface area contributed by atoms with Crippen molar-refractivity contribution < 1.29 is 24.2 Å². The lowest BCUT2D eigenvalue weighted by Crippen LogP contribution is -2.31. The highest BCUT2D eigenvalue weighted by Crippen LogP contribution is 2.18. The standard InChI is InChI=1S/C14H18N2O5/c1-20-11-5-3-4-10(8-11)16-12(9-13(18)21-2)14(19)15-6-7-17/h3-5,8-9,16-17H,6-7H2,1-2H3,(H,15,19)/b12-9-. The van der Waals surface area contributed by atoms with Gasteiger partial charge >= 0.3 is 5.97 Å². The summed E-state index contributed by atoms with van der Waals surface area (Å²) in [6.45, 7) is -0.118. The molecule has 1 aromatic carbocycles. The Kier molecular flexibility index (Phi) is 6.76. The number of methoxy groups -OCH3 is 2. The molecule has 0 bridgehead atoms. The van der Waals surface area contributed by atoms with Crippen molar-refractivity contribution in [1.29, 1.82) is 0 Å². The van der Waals surface area contributed by atoms with E-state index in [4.69, 9.17) is 9.84 Å². The monoisotopic (exact) mass is 294 g/mol. The van der Waals surface area contributed by atoms with Crippen LogP contribution in [0.4, 0.5) is 5.69 Å². The van der Waals surface area contributed by atoms with Crippen LogP contribution in [0, 0.1) is 0 Å². The lowest BCUT2D eigenvalue weighted by atomic mass is 10.2. The van der Waals surface area contributed by atoms with Gasteiger partial charge in [0.1, 0.15) is 11.4 Å². The first-order valence-electron chi connectivity index (χ1n) is 6.20. The van der Waals surface area contributed by atoms with E-state index in [2.05, 4.69) is 15.4 Å². The molecule has 3 N–H and O–H groups in total. The molecule has 114 valence electrons. The number of hydrogen-bond donors (Lipinski definition) is 3. The van der Waals surface area contributed by atoms with E-state index in [-0.39, 0.29) is 18.8 Å². The zero-order valence-corrected chi connectivity index (χ0v) is 11.9. The Hall–Kier alpha value is -2.54. The van der Waals surface area contributed by atoms with E-state index in [9.17, 15) is 9.59 Å². The zero-order valence-electron chi connectivity index (χ0n) is 11.9. The molecular formula is C14H18N2O5. The molecule has 0 aliphatic carbocycles. The van der Waals surface area contributed by atoms with Crippen molar-refractivity contribution in [1.82, 2.24) is 5.32 Å². The molecular weight excluding hydrogens is 276 g/mol. The highest BCUT2D eigenvalue weighted by atomic mass is 16.5. The van der Waals surface area contributed by atoms with Crippen molar-refractivity contribution in [3.63, 3.8) is 0 Å². The van der Waals surface area contributed by atoms with E-state index in [0.717, 1.165) is 6.08 Å². The maximum absolute atomic E-state index is 11.9. The van der Waals surface area contributed by atoms with Gasteiger partial charge in [-0.1, -0.05) is 6.07 Å². The molecule has 0 atom stereocenters. The van der Waals surface area contributed by atoms with Crippen LogP contribution >= 0.6 is 0 Å². The van der Waals surface area contributed by atoms with Gasteiger partial charge in [0.05, 0.1) is 26.9 Å². The zero-order chi connectivity index (χ0) is 15.7. The summed E-state index contributed by atoms with van der Waals surface area (Å²) in [7, 11) is 2.74. The number of carbonyl (C=O) groups excluding carboxylic acids is 2. The van der Waals surface area contributed by atoms with Crippen molar-refractivity contribution >= 4 is 17.6 Å².